The number of ether oxygens (including phenoxy) is 1. The minimum Gasteiger partial charge on any atom is -0.478 e. The van der Waals surface area contributed by atoms with Gasteiger partial charge in [-0.1, -0.05) is 22.8 Å². The standard InChI is InChI=1S/C19H21ClN2O5/c1-10-14(12-6-5-11(20)9-13(12)16(23)24)15(27-22-10)19(7-8-19)21-17(25)26-18(2,3)4/h5-6,9H,7-8H2,1-4H3,(H,21,25)(H,23,24). The number of carbonyl (C=O) groups excluding carboxylic acids is 1. The lowest BCUT2D eigenvalue weighted by Gasteiger charge is -2.23. The highest BCUT2D eigenvalue weighted by Gasteiger charge is 2.52. The molecule has 1 aliphatic carbocycles. The summed E-state index contributed by atoms with van der Waals surface area (Å²) in [6.45, 7) is 7.07. The number of carboxylic acids is 1. The van der Waals surface area contributed by atoms with E-state index in [0.29, 0.717) is 40.4 Å². The molecule has 7 nitrogen and oxygen atoms in total. The van der Waals surface area contributed by atoms with E-state index in [0.717, 1.165) is 0 Å². The number of nitrogens with one attached hydrogen (secondary N) is 1. The van der Waals surface area contributed by atoms with Crippen molar-refractivity contribution in [1.29, 1.82) is 0 Å². The molecule has 2 N–H and O–H groups in total. The van der Waals surface area contributed by atoms with Gasteiger partial charge in [-0.15, -0.1) is 0 Å². The minimum atomic E-state index is -1.11. The molecule has 3 rings (SSSR count). The van der Waals surface area contributed by atoms with Crippen LogP contribution in [0.25, 0.3) is 11.1 Å². The number of nitrogens with zero attached hydrogens (tertiary/aromatic N) is 1. The monoisotopic (exact) mass is 392 g/mol. The Morgan fingerprint density at radius 3 is 2.56 bits per heavy atom. The fraction of sp³-hybridized carbons (Fsp3) is 0.421. The first kappa shape index (κ1) is 19.2. The molecule has 8 heteroatoms. The van der Waals surface area contributed by atoms with Crippen LogP contribution in [0.4, 0.5) is 4.79 Å². The number of carbonyl (C=O) groups is 2. The molecule has 0 spiro atoms. The maximum Gasteiger partial charge on any atom is 0.408 e. The third-order valence-corrected chi connectivity index (χ3v) is 4.50. The van der Waals surface area contributed by atoms with Crippen LogP contribution in [0.5, 0.6) is 0 Å². The van der Waals surface area contributed by atoms with E-state index in [2.05, 4.69) is 10.5 Å². The summed E-state index contributed by atoms with van der Waals surface area (Å²) in [4.78, 5) is 23.9. The molecule has 27 heavy (non-hydrogen) atoms. The van der Waals surface area contributed by atoms with Crippen molar-refractivity contribution in [2.75, 3.05) is 0 Å². The predicted molar refractivity (Wildman–Crippen MR) is 98.9 cm³/mol. The Morgan fingerprint density at radius 1 is 1.33 bits per heavy atom. The van der Waals surface area contributed by atoms with Crippen LogP contribution in [0.15, 0.2) is 22.7 Å². The highest BCUT2D eigenvalue weighted by atomic mass is 35.5. The van der Waals surface area contributed by atoms with E-state index in [1.165, 1.54) is 6.07 Å². The fourth-order valence-corrected chi connectivity index (χ4v) is 3.13. The number of aromatic carboxylic acids is 1. The molecule has 1 saturated carbocycles. The zero-order valence-corrected chi connectivity index (χ0v) is 16.3. The summed E-state index contributed by atoms with van der Waals surface area (Å²) in [5.41, 5.74) is 0.187. The first-order valence-corrected chi connectivity index (χ1v) is 8.91. The smallest absolute Gasteiger partial charge is 0.408 e. The Bertz CT molecular complexity index is 909. The van der Waals surface area contributed by atoms with Gasteiger partial charge in [0.25, 0.3) is 0 Å². The summed E-state index contributed by atoms with van der Waals surface area (Å²) in [7, 11) is 0. The molecular weight excluding hydrogens is 372 g/mol. The van der Waals surface area contributed by atoms with Crippen molar-refractivity contribution in [3.63, 3.8) is 0 Å². The van der Waals surface area contributed by atoms with Gasteiger partial charge in [0.05, 0.1) is 16.8 Å². The Kier molecular flexibility index (Phi) is 4.67. The second kappa shape index (κ2) is 6.56. The second-order valence-electron chi connectivity index (χ2n) is 7.68. The van der Waals surface area contributed by atoms with E-state index >= 15 is 0 Å². The SMILES string of the molecule is Cc1noc(C2(NC(=O)OC(C)(C)C)CC2)c1-c1ccc(Cl)cc1C(=O)O. The number of alkyl carbamates (subject to hydrolysis) is 1. The number of carboxylic acid groups (broad SMARTS) is 1. The van der Waals surface area contributed by atoms with Gasteiger partial charge in [0, 0.05) is 10.6 Å². The summed E-state index contributed by atoms with van der Waals surface area (Å²) in [5, 5.41) is 16.7. The molecule has 1 aromatic carbocycles. The van der Waals surface area contributed by atoms with Crippen LogP contribution >= 0.6 is 11.6 Å². The van der Waals surface area contributed by atoms with Gasteiger partial charge in [0.2, 0.25) is 0 Å². The molecule has 0 unspecified atom stereocenters. The highest BCUT2D eigenvalue weighted by molar-refractivity contribution is 6.31. The van der Waals surface area contributed by atoms with Crippen molar-refractivity contribution >= 4 is 23.7 Å². The lowest BCUT2D eigenvalue weighted by Crippen LogP contribution is -2.39. The first-order chi connectivity index (χ1) is 12.5. The number of halogens is 1. The van der Waals surface area contributed by atoms with Crippen molar-refractivity contribution in [2.24, 2.45) is 0 Å². The molecule has 1 heterocycles. The van der Waals surface area contributed by atoms with Crippen molar-refractivity contribution in [3.8, 4) is 11.1 Å². The zero-order valence-electron chi connectivity index (χ0n) is 15.6. The first-order valence-electron chi connectivity index (χ1n) is 8.53. The fourth-order valence-electron chi connectivity index (χ4n) is 2.96. The number of hydrogen-bond acceptors (Lipinski definition) is 5. The lowest BCUT2D eigenvalue weighted by molar-refractivity contribution is 0.0485. The Morgan fingerprint density at radius 2 is 2.00 bits per heavy atom. The molecule has 1 aliphatic rings. The van der Waals surface area contributed by atoms with Crippen molar-refractivity contribution in [2.45, 2.75) is 51.7 Å². The van der Waals surface area contributed by atoms with Crippen LogP contribution < -0.4 is 5.32 Å². The molecule has 1 aromatic heterocycles. The van der Waals surface area contributed by atoms with Gasteiger partial charge in [-0.2, -0.15) is 0 Å². The molecule has 0 saturated heterocycles. The van der Waals surface area contributed by atoms with Crippen LogP contribution in [0.3, 0.4) is 0 Å². The molecule has 144 valence electrons. The molecule has 1 amide bonds. The maximum atomic E-state index is 12.3. The summed E-state index contributed by atoms with van der Waals surface area (Å²) >= 11 is 5.96. The molecular formula is C19H21ClN2O5. The van der Waals surface area contributed by atoms with Crippen LogP contribution in [0.1, 0.15) is 55.4 Å². The van der Waals surface area contributed by atoms with Gasteiger partial charge in [-0.3, -0.25) is 0 Å². The lowest BCUT2D eigenvalue weighted by atomic mass is 9.95. The second-order valence-corrected chi connectivity index (χ2v) is 8.11. The van der Waals surface area contributed by atoms with Gasteiger partial charge in [-0.25, -0.2) is 9.59 Å². The van der Waals surface area contributed by atoms with Gasteiger partial charge in [-0.05, 0) is 52.7 Å². The molecule has 2 aromatic rings. The Hall–Kier alpha value is -2.54. The van der Waals surface area contributed by atoms with Crippen LogP contribution in [-0.2, 0) is 10.3 Å². The number of amides is 1. The summed E-state index contributed by atoms with van der Waals surface area (Å²) < 4.78 is 10.9. The third kappa shape index (κ3) is 3.93. The van der Waals surface area contributed by atoms with E-state index in [1.807, 2.05) is 0 Å². The zero-order chi connectivity index (χ0) is 20.0. The van der Waals surface area contributed by atoms with Gasteiger partial charge >= 0.3 is 12.1 Å². The van der Waals surface area contributed by atoms with Crippen LogP contribution in [-0.4, -0.2) is 27.9 Å². The molecule has 0 atom stereocenters. The normalized spacial score (nSPS) is 15.3. The molecule has 0 radical (unpaired) electrons. The van der Waals surface area contributed by atoms with Crippen molar-refractivity contribution in [3.05, 3.63) is 40.2 Å². The van der Waals surface area contributed by atoms with Crippen LogP contribution in [0.2, 0.25) is 5.02 Å². The van der Waals surface area contributed by atoms with Crippen LogP contribution in [0, 0.1) is 6.92 Å². The Balaban J connectivity index is 2.02. The Labute approximate surface area is 161 Å². The minimum absolute atomic E-state index is 0.0446. The number of benzene rings is 1. The third-order valence-electron chi connectivity index (χ3n) is 4.27. The topological polar surface area (TPSA) is 102 Å². The van der Waals surface area contributed by atoms with Crippen molar-refractivity contribution < 1.29 is 24.0 Å². The number of aryl methyl sites for hydroxylation is 1. The molecule has 0 bridgehead atoms. The van der Waals surface area contributed by atoms with E-state index < -0.39 is 23.2 Å². The van der Waals surface area contributed by atoms with E-state index in [-0.39, 0.29) is 5.56 Å². The van der Waals surface area contributed by atoms with E-state index in [9.17, 15) is 14.7 Å². The largest absolute Gasteiger partial charge is 0.478 e. The van der Waals surface area contributed by atoms with E-state index in [1.54, 1.807) is 39.8 Å². The predicted octanol–water partition coefficient (Wildman–Crippen LogP) is 4.52. The van der Waals surface area contributed by atoms with E-state index in [4.69, 9.17) is 20.9 Å². The molecule has 1 fully saturated rings. The van der Waals surface area contributed by atoms with Gasteiger partial charge in [0.15, 0.2) is 5.76 Å². The average Bonchev–Trinajstić information content (AvgIpc) is 3.19. The quantitative estimate of drug-likeness (QED) is 0.793. The highest BCUT2D eigenvalue weighted by Crippen LogP contribution is 2.50. The average molecular weight is 393 g/mol. The summed E-state index contributed by atoms with van der Waals surface area (Å²) in [5.74, 6) is -0.681. The number of hydrogen-bond donors (Lipinski definition) is 2. The molecule has 0 aliphatic heterocycles. The van der Waals surface area contributed by atoms with Crippen molar-refractivity contribution in [1.82, 2.24) is 10.5 Å². The van der Waals surface area contributed by atoms with Gasteiger partial charge < -0.3 is 19.7 Å². The summed E-state index contributed by atoms with van der Waals surface area (Å²) in [6, 6.07) is 4.62. The number of rotatable bonds is 4. The van der Waals surface area contributed by atoms with Gasteiger partial charge in [0.1, 0.15) is 11.1 Å². The maximum absolute atomic E-state index is 12.3. The summed E-state index contributed by atoms with van der Waals surface area (Å²) in [6.07, 6.45) is 0.725. The number of aromatic nitrogens is 1.